The number of cyclic esters (lactones) is 1. The summed E-state index contributed by atoms with van der Waals surface area (Å²) in [6.45, 7) is 2.99. The molecule has 7 heteroatoms. The second-order valence-electron chi connectivity index (χ2n) is 6.32. The van der Waals surface area contributed by atoms with E-state index >= 15 is 0 Å². The van der Waals surface area contributed by atoms with Gasteiger partial charge in [0.25, 0.3) is 0 Å². The molecule has 0 spiro atoms. The van der Waals surface area contributed by atoms with Crippen LogP contribution in [0.1, 0.15) is 31.9 Å². The minimum atomic E-state index is -1.31. The summed E-state index contributed by atoms with van der Waals surface area (Å²) in [6, 6.07) is 4.96. The highest BCUT2D eigenvalue weighted by Crippen LogP contribution is 2.43. The summed E-state index contributed by atoms with van der Waals surface area (Å²) in [6.07, 6.45) is -1.07. The molecule has 0 aliphatic carbocycles. The third kappa shape index (κ3) is 3.45. The van der Waals surface area contributed by atoms with Crippen LogP contribution in [0, 0.1) is 11.3 Å². The molecule has 0 unspecified atom stereocenters. The van der Waals surface area contributed by atoms with Crippen molar-refractivity contribution in [1.82, 2.24) is 0 Å². The molecule has 1 fully saturated rings. The van der Waals surface area contributed by atoms with Crippen molar-refractivity contribution in [2.45, 2.75) is 26.4 Å². The predicted molar refractivity (Wildman–Crippen MR) is 87.3 cm³/mol. The van der Waals surface area contributed by atoms with Crippen LogP contribution in [0.4, 0.5) is 0 Å². The Morgan fingerprint density at radius 1 is 1.12 bits per heavy atom. The zero-order chi connectivity index (χ0) is 18.8. The number of hydrogen-bond acceptors (Lipinski definition) is 7. The minimum absolute atomic E-state index is 0.176. The number of carbonyl (C=O) groups excluding carboxylic acids is 3. The zero-order valence-electron chi connectivity index (χ0n) is 15.0. The first kappa shape index (κ1) is 18.8. The van der Waals surface area contributed by atoms with Crippen LogP contribution in [0.2, 0.25) is 0 Å². The highest BCUT2D eigenvalue weighted by molar-refractivity contribution is 6.07. The van der Waals surface area contributed by atoms with E-state index in [-0.39, 0.29) is 12.2 Å². The number of methoxy groups -OCH3 is 3. The standard InChI is InChI=1S/C18H22O7/c1-18(2)16(20)11(9-14(19)24-5)15(25-17(18)21)10-6-7-12(22-3)13(8-10)23-4/h6-8,11,15H,9H2,1-5H3/t11-,15-/m1/s1. The number of carbonyl (C=O) groups is 3. The van der Waals surface area contributed by atoms with E-state index in [2.05, 4.69) is 4.74 Å². The monoisotopic (exact) mass is 350 g/mol. The molecule has 1 aromatic rings. The highest BCUT2D eigenvalue weighted by Gasteiger charge is 2.51. The Kier molecular flexibility index (Phi) is 5.35. The van der Waals surface area contributed by atoms with Crippen molar-refractivity contribution in [2.75, 3.05) is 21.3 Å². The summed E-state index contributed by atoms with van der Waals surface area (Å²) in [4.78, 5) is 36.8. The van der Waals surface area contributed by atoms with E-state index in [4.69, 9.17) is 14.2 Å². The molecular weight excluding hydrogens is 328 g/mol. The molecule has 0 N–H and O–H groups in total. The van der Waals surface area contributed by atoms with E-state index in [1.165, 1.54) is 35.2 Å². The van der Waals surface area contributed by atoms with Crippen LogP contribution in [0.3, 0.4) is 0 Å². The van der Waals surface area contributed by atoms with E-state index in [0.717, 1.165) is 0 Å². The van der Waals surface area contributed by atoms with Gasteiger partial charge >= 0.3 is 11.9 Å². The summed E-state index contributed by atoms with van der Waals surface area (Å²) >= 11 is 0. The van der Waals surface area contributed by atoms with Gasteiger partial charge in [-0.05, 0) is 31.5 Å². The quantitative estimate of drug-likeness (QED) is 0.593. The second-order valence-corrected chi connectivity index (χ2v) is 6.32. The number of ketones is 1. The van der Waals surface area contributed by atoms with Crippen LogP contribution >= 0.6 is 0 Å². The van der Waals surface area contributed by atoms with Crippen LogP contribution in [0.15, 0.2) is 18.2 Å². The Labute approximate surface area is 146 Å². The van der Waals surface area contributed by atoms with Gasteiger partial charge in [-0.1, -0.05) is 6.07 Å². The molecule has 2 rings (SSSR count). The second kappa shape index (κ2) is 7.13. The first-order chi connectivity index (χ1) is 11.8. The smallest absolute Gasteiger partial charge is 0.319 e. The molecule has 25 heavy (non-hydrogen) atoms. The van der Waals surface area contributed by atoms with E-state index in [0.29, 0.717) is 17.1 Å². The predicted octanol–water partition coefficient (Wildman–Crippen LogP) is 2.08. The normalized spacial score (nSPS) is 22.1. The Bertz CT molecular complexity index is 693. The lowest BCUT2D eigenvalue weighted by Crippen LogP contribution is -2.48. The number of hydrogen-bond donors (Lipinski definition) is 0. The summed E-state index contributed by atoms with van der Waals surface area (Å²) in [5.41, 5.74) is -0.769. The van der Waals surface area contributed by atoms with Crippen molar-refractivity contribution < 1.29 is 33.3 Å². The molecule has 1 saturated heterocycles. The number of Topliss-reactive ketones (excluding diaryl/α,β-unsaturated/α-hetero) is 1. The van der Waals surface area contributed by atoms with E-state index in [1.807, 2.05) is 0 Å². The van der Waals surface area contributed by atoms with Crippen LogP contribution in [0.25, 0.3) is 0 Å². The molecule has 1 aliphatic rings. The molecule has 1 heterocycles. The van der Waals surface area contributed by atoms with E-state index in [1.54, 1.807) is 18.2 Å². The van der Waals surface area contributed by atoms with Gasteiger partial charge in [0.1, 0.15) is 11.5 Å². The summed E-state index contributed by atoms with van der Waals surface area (Å²) in [5.74, 6) is -1.42. The topological polar surface area (TPSA) is 88.1 Å². The van der Waals surface area contributed by atoms with Crippen LogP contribution in [0.5, 0.6) is 11.5 Å². The number of benzene rings is 1. The van der Waals surface area contributed by atoms with Crippen molar-refractivity contribution in [2.24, 2.45) is 11.3 Å². The molecule has 0 amide bonds. The Morgan fingerprint density at radius 3 is 2.32 bits per heavy atom. The largest absolute Gasteiger partial charge is 0.493 e. The number of rotatable bonds is 5. The molecule has 0 aromatic heterocycles. The molecule has 1 aliphatic heterocycles. The first-order valence-electron chi connectivity index (χ1n) is 7.80. The molecule has 7 nitrogen and oxygen atoms in total. The van der Waals surface area contributed by atoms with Gasteiger partial charge in [0.2, 0.25) is 0 Å². The van der Waals surface area contributed by atoms with Crippen LogP contribution in [-0.4, -0.2) is 39.1 Å². The molecule has 136 valence electrons. The molecular formula is C18H22O7. The molecule has 0 saturated carbocycles. The van der Waals surface area contributed by atoms with Crippen LogP contribution < -0.4 is 9.47 Å². The third-order valence-electron chi connectivity index (χ3n) is 4.41. The molecule has 2 atom stereocenters. The van der Waals surface area contributed by atoms with E-state index < -0.39 is 29.4 Å². The minimum Gasteiger partial charge on any atom is -0.493 e. The number of ether oxygens (including phenoxy) is 4. The van der Waals surface area contributed by atoms with Gasteiger partial charge < -0.3 is 18.9 Å². The number of esters is 2. The van der Waals surface area contributed by atoms with Crippen molar-refractivity contribution in [3.05, 3.63) is 23.8 Å². The van der Waals surface area contributed by atoms with Crippen LogP contribution in [-0.2, 0) is 23.9 Å². The van der Waals surface area contributed by atoms with Crippen molar-refractivity contribution in [3.8, 4) is 11.5 Å². The van der Waals surface area contributed by atoms with Gasteiger partial charge in [0.05, 0.1) is 33.7 Å². The molecule has 0 bridgehead atoms. The van der Waals surface area contributed by atoms with Gasteiger partial charge in [-0.25, -0.2) is 0 Å². The summed E-state index contributed by atoms with van der Waals surface area (Å²) in [5, 5.41) is 0. The lowest BCUT2D eigenvalue weighted by Gasteiger charge is -2.37. The average molecular weight is 350 g/mol. The Morgan fingerprint density at radius 2 is 1.76 bits per heavy atom. The molecule has 0 radical (unpaired) electrons. The lowest BCUT2D eigenvalue weighted by molar-refractivity contribution is -0.181. The lowest BCUT2D eigenvalue weighted by atomic mass is 9.74. The SMILES string of the molecule is COC(=O)C[C@H]1C(=O)C(C)(C)C(=O)O[C@@H]1c1ccc(OC)c(OC)c1. The van der Waals surface area contributed by atoms with Gasteiger partial charge in [-0.2, -0.15) is 0 Å². The Hall–Kier alpha value is -2.57. The zero-order valence-corrected chi connectivity index (χ0v) is 15.0. The van der Waals surface area contributed by atoms with Crippen molar-refractivity contribution in [3.63, 3.8) is 0 Å². The van der Waals surface area contributed by atoms with Gasteiger partial charge in [0.15, 0.2) is 17.3 Å². The fraction of sp³-hybridized carbons (Fsp3) is 0.500. The summed E-state index contributed by atoms with van der Waals surface area (Å²) in [7, 11) is 4.23. The average Bonchev–Trinajstić information content (AvgIpc) is 2.61. The van der Waals surface area contributed by atoms with Gasteiger partial charge in [-0.15, -0.1) is 0 Å². The summed E-state index contributed by atoms with van der Waals surface area (Å²) < 4.78 is 20.7. The third-order valence-corrected chi connectivity index (χ3v) is 4.41. The van der Waals surface area contributed by atoms with Gasteiger partial charge in [-0.3, -0.25) is 14.4 Å². The first-order valence-corrected chi connectivity index (χ1v) is 7.80. The maximum absolute atomic E-state index is 12.8. The fourth-order valence-electron chi connectivity index (χ4n) is 2.84. The van der Waals surface area contributed by atoms with Crippen molar-refractivity contribution >= 4 is 17.7 Å². The molecule has 1 aromatic carbocycles. The maximum Gasteiger partial charge on any atom is 0.319 e. The van der Waals surface area contributed by atoms with Gasteiger partial charge in [0, 0.05) is 0 Å². The van der Waals surface area contributed by atoms with Crippen molar-refractivity contribution in [1.29, 1.82) is 0 Å². The maximum atomic E-state index is 12.8. The fourth-order valence-corrected chi connectivity index (χ4v) is 2.84. The highest BCUT2D eigenvalue weighted by atomic mass is 16.6. The Balaban J connectivity index is 2.46. The van der Waals surface area contributed by atoms with E-state index in [9.17, 15) is 14.4 Å².